The van der Waals surface area contributed by atoms with E-state index in [2.05, 4.69) is 4.98 Å². The summed E-state index contributed by atoms with van der Waals surface area (Å²) in [7, 11) is 0. The van der Waals surface area contributed by atoms with Crippen LogP contribution >= 0.6 is 0 Å². The minimum atomic E-state index is 0.562. The Morgan fingerprint density at radius 3 is 2.88 bits per heavy atom. The quantitative estimate of drug-likeness (QED) is 0.632. The first-order valence-electron chi connectivity index (χ1n) is 4.94. The van der Waals surface area contributed by atoms with Gasteiger partial charge in [0.05, 0.1) is 11.8 Å². The van der Waals surface area contributed by atoms with Gasteiger partial charge >= 0.3 is 0 Å². The molecule has 2 aromatic heterocycles. The Bertz CT molecular complexity index is 652. The number of benzene rings is 1. The lowest BCUT2D eigenvalue weighted by atomic mass is 10.2. The van der Waals surface area contributed by atoms with E-state index in [1.54, 1.807) is 18.4 Å². The minimum Gasteiger partial charge on any atom is -0.469 e. The van der Waals surface area contributed by atoms with Crippen LogP contribution in [-0.2, 0) is 0 Å². The van der Waals surface area contributed by atoms with Crippen molar-refractivity contribution < 1.29 is 8.83 Å². The molecule has 0 bridgehead atoms. The lowest BCUT2D eigenvalue weighted by Crippen LogP contribution is -1.81. The average Bonchev–Trinajstić information content (AvgIpc) is 2.82. The number of hydrogen-bond donors (Lipinski definition) is 1. The van der Waals surface area contributed by atoms with E-state index >= 15 is 0 Å². The molecule has 80 valence electrons. The Morgan fingerprint density at radius 1 is 1.25 bits per heavy atom. The fourth-order valence-corrected chi connectivity index (χ4v) is 1.66. The smallest absolute Gasteiger partial charge is 0.230 e. The van der Waals surface area contributed by atoms with Crippen molar-refractivity contribution in [3.05, 3.63) is 36.3 Å². The van der Waals surface area contributed by atoms with Gasteiger partial charge in [-0.3, -0.25) is 0 Å². The Morgan fingerprint density at radius 2 is 2.12 bits per heavy atom. The second-order valence-electron chi connectivity index (χ2n) is 3.64. The molecule has 4 heteroatoms. The van der Waals surface area contributed by atoms with E-state index < -0.39 is 0 Å². The van der Waals surface area contributed by atoms with E-state index in [0.29, 0.717) is 17.2 Å². The third-order valence-electron chi connectivity index (χ3n) is 2.50. The molecule has 0 aliphatic heterocycles. The molecule has 3 rings (SSSR count). The number of fused-ring (bicyclic) bond motifs is 1. The summed E-state index contributed by atoms with van der Waals surface area (Å²) in [4.78, 5) is 4.37. The van der Waals surface area contributed by atoms with Gasteiger partial charge in [0.15, 0.2) is 5.58 Å². The maximum absolute atomic E-state index is 5.68. The van der Waals surface area contributed by atoms with Gasteiger partial charge in [-0.2, -0.15) is 0 Å². The molecule has 0 amide bonds. The second kappa shape index (κ2) is 3.13. The first-order valence-corrected chi connectivity index (χ1v) is 4.94. The van der Waals surface area contributed by atoms with Crippen LogP contribution in [0, 0.1) is 6.92 Å². The van der Waals surface area contributed by atoms with Crippen molar-refractivity contribution in [3.8, 4) is 11.5 Å². The monoisotopic (exact) mass is 214 g/mol. The normalized spacial score (nSPS) is 11.1. The van der Waals surface area contributed by atoms with Crippen LogP contribution in [0.2, 0.25) is 0 Å². The number of aryl methyl sites for hydroxylation is 1. The fourth-order valence-electron chi connectivity index (χ4n) is 1.66. The maximum Gasteiger partial charge on any atom is 0.230 e. The summed E-state index contributed by atoms with van der Waals surface area (Å²) >= 11 is 0. The Balaban J connectivity index is 2.23. The van der Waals surface area contributed by atoms with Gasteiger partial charge in [-0.25, -0.2) is 4.98 Å². The molecule has 0 atom stereocenters. The number of nitrogens with two attached hydrogens (primary N) is 1. The van der Waals surface area contributed by atoms with Crippen molar-refractivity contribution in [1.82, 2.24) is 4.98 Å². The van der Waals surface area contributed by atoms with Crippen LogP contribution in [0.15, 0.2) is 39.4 Å². The van der Waals surface area contributed by atoms with Crippen LogP contribution in [0.4, 0.5) is 5.69 Å². The number of oxazole rings is 1. The zero-order valence-electron chi connectivity index (χ0n) is 8.73. The van der Waals surface area contributed by atoms with Crippen molar-refractivity contribution in [2.45, 2.75) is 6.92 Å². The standard InChI is InChI=1S/C12H10N2O2/c1-7-9(4-5-15-7)12-14-10-3-2-8(13)6-11(10)16-12/h2-6H,13H2,1H3. The van der Waals surface area contributed by atoms with Gasteiger partial charge < -0.3 is 14.6 Å². The molecule has 0 aliphatic rings. The van der Waals surface area contributed by atoms with Crippen LogP contribution in [0.1, 0.15) is 5.76 Å². The topological polar surface area (TPSA) is 65.2 Å². The van der Waals surface area contributed by atoms with Gasteiger partial charge in [0.1, 0.15) is 11.3 Å². The highest BCUT2D eigenvalue weighted by Gasteiger charge is 2.12. The molecule has 0 unspecified atom stereocenters. The van der Waals surface area contributed by atoms with Crippen LogP contribution in [0.5, 0.6) is 0 Å². The number of nitrogens with zero attached hydrogens (tertiary/aromatic N) is 1. The van der Waals surface area contributed by atoms with Crippen LogP contribution in [0.3, 0.4) is 0 Å². The molecule has 0 saturated heterocycles. The highest BCUT2D eigenvalue weighted by Crippen LogP contribution is 2.28. The van der Waals surface area contributed by atoms with Crippen LogP contribution in [0.25, 0.3) is 22.6 Å². The molecular formula is C12H10N2O2. The molecule has 4 nitrogen and oxygen atoms in total. The Labute approximate surface area is 91.7 Å². The predicted molar refractivity (Wildman–Crippen MR) is 60.9 cm³/mol. The molecule has 0 aliphatic carbocycles. The average molecular weight is 214 g/mol. The molecule has 0 fully saturated rings. The molecule has 16 heavy (non-hydrogen) atoms. The first kappa shape index (κ1) is 9.03. The molecule has 2 N–H and O–H groups in total. The number of rotatable bonds is 1. The zero-order chi connectivity index (χ0) is 11.1. The van der Waals surface area contributed by atoms with Crippen molar-refractivity contribution >= 4 is 16.8 Å². The van der Waals surface area contributed by atoms with Gasteiger partial charge in [0.25, 0.3) is 0 Å². The molecular weight excluding hydrogens is 204 g/mol. The van der Waals surface area contributed by atoms with Crippen molar-refractivity contribution in [3.63, 3.8) is 0 Å². The van der Waals surface area contributed by atoms with Gasteiger partial charge in [0.2, 0.25) is 5.89 Å². The summed E-state index contributed by atoms with van der Waals surface area (Å²) in [6, 6.07) is 7.24. The highest BCUT2D eigenvalue weighted by atomic mass is 16.4. The summed E-state index contributed by atoms with van der Waals surface area (Å²) in [5, 5.41) is 0. The van der Waals surface area contributed by atoms with E-state index in [1.807, 2.05) is 19.1 Å². The number of aromatic nitrogens is 1. The molecule has 3 aromatic rings. The van der Waals surface area contributed by atoms with E-state index in [0.717, 1.165) is 16.8 Å². The van der Waals surface area contributed by atoms with Gasteiger partial charge in [-0.15, -0.1) is 0 Å². The van der Waals surface area contributed by atoms with E-state index in [1.165, 1.54) is 0 Å². The van der Waals surface area contributed by atoms with Crippen molar-refractivity contribution in [2.75, 3.05) is 5.73 Å². The van der Waals surface area contributed by atoms with Gasteiger partial charge in [-0.1, -0.05) is 0 Å². The molecule has 1 aromatic carbocycles. The molecule has 2 heterocycles. The Hall–Kier alpha value is -2.23. The van der Waals surface area contributed by atoms with Crippen LogP contribution < -0.4 is 5.73 Å². The summed E-state index contributed by atoms with van der Waals surface area (Å²) < 4.78 is 10.8. The second-order valence-corrected chi connectivity index (χ2v) is 3.64. The third kappa shape index (κ3) is 1.27. The first-order chi connectivity index (χ1) is 7.74. The third-order valence-corrected chi connectivity index (χ3v) is 2.50. The number of hydrogen-bond acceptors (Lipinski definition) is 4. The SMILES string of the molecule is Cc1occc1-c1nc2ccc(N)cc2o1. The largest absolute Gasteiger partial charge is 0.469 e. The number of furan rings is 1. The number of nitrogen functional groups attached to an aromatic ring is 1. The lowest BCUT2D eigenvalue weighted by molar-refractivity contribution is 0.532. The number of anilines is 1. The fraction of sp³-hybridized carbons (Fsp3) is 0.0833. The van der Waals surface area contributed by atoms with Gasteiger partial charge in [-0.05, 0) is 25.1 Å². The lowest BCUT2D eigenvalue weighted by Gasteiger charge is -1.89. The van der Waals surface area contributed by atoms with E-state index in [9.17, 15) is 0 Å². The minimum absolute atomic E-state index is 0.562. The maximum atomic E-state index is 5.68. The summed E-state index contributed by atoms with van der Waals surface area (Å²) in [5.74, 6) is 1.35. The van der Waals surface area contributed by atoms with Gasteiger partial charge in [0, 0.05) is 11.8 Å². The highest BCUT2D eigenvalue weighted by molar-refractivity contribution is 5.79. The summed E-state index contributed by atoms with van der Waals surface area (Å²) in [6.45, 7) is 1.87. The van der Waals surface area contributed by atoms with Crippen molar-refractivity contribution in [1.29, 1.82) is 0 Å². The molecule has 0 saturated carbocycles. The molecule has 0 radical (unpaired) electrons. The summed E-state index contributed by atoms with van der Waals surface area (Å²) in [5.41, 5.74) is 8.70. The zero-order valence-corrected chi connectivity index (χ0v) is 8.73. The summed E-state index contributed by atoms with van der Waals surface area (Å²) in [6.07, 6.45) is 1.62. The Kier molecular flexibility index (Phi) is 1.77. The molecule has 0 spiro atoms. The predicted octanol–water partition coefficient (Wildman–Crippen LogP) is 2.98. The van der Waals surface area contributed by atoms with E-state index in [4.69, 9.17) is 14.6 Å². The van der Waals surface area contributed by atoms with Crippen molar-refractivity contribution in [2.24, 2.45) is 0 Å². The van der Waals surface area contributed by atoms with E-state index in [-0.39, 0.29) is 0 Å². The van der Waals surface area contributed by atoms with Crippen LogP contribution in [-0.4, -0.2) is 4.98 Å².